The second-order valence-electron chi connectivity index (χ2n) is 6.27. The first kappa shape index (κ1) is 22.0. The molecule has 0 radical (unpaired) electrons. The molecule has 0 aromatic heterocycles. The van der Waals surface area contributed by atoms with Crippen molar-refractivity contribution in [2.24, 2.45) is 0 Å². The van der Waals surface area contributed by atoms with Crippen molar-refractivity contribution in [3.8, 4) is 0 Å². The number of hydrogen-bond donors (Lipinski definition) is 2. The van der Waals surface area contributed by atoms with Gasteiger partial charge in [0, 0.05) is 13.1 Å². The standard InChI is InChI=1S/C15H23FN4O7S/c1-4-26-14(22)12(16)27-20-10-7-9(2)11(19(8-10)15(20)23)13(21)17-5-6-18-28(3,24)25/h7,10-12,18H,4-6,8H2,1-3H3,(H,17,21)/t10-,11+,12-/m1/s1. The molecule has 0 spiro atoms. The lowest BCUT2D eigenvalue weighted by molar-refractivity contribution is -0.223. The fourth-order valence-electron chi connectivity index (χ4n) is 2.94. The summed E-state index contributed by atoms with van der Waals surface area (Å²) in [5.41, 5.74) is 0.538. The lowest BCUT2D eigenvalue weighted by Gasteiger charge is -2.29. The van der Waals surface area contributed by atoms with Gasteiger partial charge in [-0.3, -0.25) is 4.79 Å². The molecular weight excluding hydrogens is 399 g/mol. The van der Waals surface area contributed by atoms with Crippen LogP contribution in [-0.4, -0.2) is 87.2 Å². The summed E-state index contributed by atoms with van der Waals surface area (Å²) < 4.78 is 42.6. The van der Waals surface area contributed by atoms with E-state index in [2.05, 4.69) is 14.8 Å². The maximum atomic E-state index is 13.9. The number of hydroxylamine groups is 2. The van der Waals surface area contributed by atoms with Crippen LogP contribution in [0.5, 0.6) is 0 Å². The molecule has 2 aliphatic heterocycles. The Morgan fingerprint density at radius 3 is 2.68 bits per heavy atom. The van der Waals surface area contributed by atoms with Gasteiger partial charge in [0.05, 0.1) is 25.4 Å². The van der Waals surface area contributed by atoms with Gasteiger partial charge in [0.2, 0.25) is 15.9 Å². The van der Waals surface area contributed by atoms with Gasteiger partial charge < -0.3 is 15.0 Å². The minimum atomic E-state index is -3.38. The third kappa shape index (κ3) is 5.17. The fourth-order valence-corrected chi connectivity index (χ4v) is 3.41. The molecular formula is C15H23FN4O7S. The van der Waals surface area contributed by atoms with Crippen molar-refractivity contribution in [3.63, 3.8) is 0 Å². The summed E-state index contributed by atoms with van der Waals surface area (Å²) in [7, 11) is -3.38. The van der Waals surface area contributed by atoms with Crippen molar-refractivity contribution in [3.05, 3.63) is 11.6 Å². The van der Waals surface area contributed by atoms with E-state index in [9.17, 15) is 27.2 Å². The highest BCUT2D eigenvalue weighted by Crippen LogP contribution is 2.30. The van der Waals surface area contributed by atoms with Gasteiger partial charge in [0.25, 0.3) is 0 Å². The number of sulfonamides is 1. The molecule has 3 atom stereocenters. The molecule has 0 unspecified atom stereocenters. The number of rotatable bonds is 9. The quantitative estimate of drug-likeness (QED) is 0.273. The molecule has 28 heavy (non-hydrogen) atoms. The lowest BCUT2D eigenvalue weighted by atomic mass is 10.00. The summed E-state index contributed by atoms with van der Waals surface area (Å²) in [6.07, 6.45) is 0.111. The van der Waals surface area contributed by atoms with Gasteiger partial charge in [-0.25, -0.2) is 32.0 Å². The average molecular weight is 422 g/mol. The molecule has 3 amide bonds. The Morgan fingerprint density at radius 1 is 1.39 bits per heavy atom. The third-order valence-corrected chi connectivity index (χ3v) is 4.76. The van der Waals surface area contributed by atoms with E-state index in [0.717, 1.165) is 6.26 Å². The molecule has 13 heteroatoms. The van der Waals surface area contributed by atoms with Crippen molar-refractivity contribution in [2.45, 2.75) is 32.3 Å². The van der Waals surface area contributed by atoms with Gasteiger partial charge >= 0.3 is 18.4 Å². The molecule has 2 bridgehead atoms. The Morgan fingerprint density at radius 2 is 2.07 bits per heavy atom. The largest absolute Gasteiger partial charge is 0.462 e. The van der Waals surface area contributed by atoms with Gasteiger partial charge in [-0.2, -0.15) is 5.06 Å². The number of nitrogens with zero attached hydrogens (tertiary/aromatic N) is 2. The molecule has 1 fully saturated rings. The van der Waals surface area contributed by atoms with Crippen LogP contribution in [-0.2, 0) is 29.2 Å². The molecule has 158 valence electrons. The average Bonchev–Trinajstić information content (AvgIpc) is 2.83. The number of amides is 3. The molecule has 1 saturated heterocycles. The van der Waals surface area contributed by atoms with E-state index in [1.807, 2.05) is 0 Å². The monoisotopic (exact) mass is 422 g/mol. The van der Waals surface area contributed by atoms with E-state index in [4.69, 9.17) is 4.84 Å². The van der Waals surface area contributed by atoms with Gasteiger partial charge in [-0.1, -0.05) is 6.08 Å². The zero-order valence-corrected chi connectivity index (χ0v) is 16.5. The van der Waals surface area contributed by atoms with Gasteiger partial charge in [0.1, 0.15) is 6.04 Å². The summed E-state index contributed by atoms with van der Waals surface area (Å²) in [6, 6.07) is -2.37. The van der Waals surface area contributed by atoms with E-state index in [1.54, 1.807) is 13.0 Å². The Balaban J connectivity index is 1.99. The zero-order valence-electron chi connectivity index (χ0n) is 15.7. The molecule has 0 aromatic carbocycles. The van der Waals surface area contributed by atoms with Crippen LogP contribution in [0, 0.1) is 0 Å². The number of alkyl halides is 1. The minimum Gasteiger partial charge on any atom is -0.462 e. The van der Waals surface area contributed by atoms with Crippen LogP contribution in [0.1, 0.15) is 13.8 Å². The Bertz CT molecular complexity index is 772. The molecule has 2 N–H and O–H groups in total. The van der Waals surface area contributed by atoms with Crippen molar-refractivity contribution >= 4 is 27.9 Å². The van der Waals surface area contributed by atoms with Gasteiger partial charge in [-0.15, -0.1) is 0 Å². The third-order valence-electron chi connectivity index (χ3n) is 4.03. The Labute approximate surface area is 161 Å². The predicted octanol–water partition coefficient (Wildman–Crippen LogP) is -1.12. The van der Waals surface area contributed by atoms with Gasteiger partial charge in [0.15, 0.2) is 0 Å². The lowest BCUT2D eigenvalue weighted by Crippen LogP contribution is -2.51. The minimum absolute atomic E-state index is 0.00503. The van der Waals surface area contributed by atoms with E-state index in [1.165, 1.54) is 11.8 Å². The number of hydrogen-bond acceptors (Lipinski definition) is 7. The normalized spacial score (nSPS) is 22.7. The maximum Gasteiger partial charge on any atom is 0.370 e. The number of urea groups is 1. The van der Waals surface area contributed by atoms with Crippen LogP contribution < -0.4 is 10.0 Å². The number of nitrogens with one attached hydrogen (secondary N) is 2. The van der Waals surface area contributed by atoms with Crippen LogP contribution in [0.4, 0.5) is 9.18 Å². The van der Waals surface area contributed by atoms with Crippen LogP contribution in [0.2, 0.25) is 0 Å². The van der Waals surface area contributed by atoms with Crippen molar-refractivity contribution in [1.82, 2.24) is 20.0 Å². The molecule has 0 saturated carbocycles. The number of fused-ring (bicyclic) bond motifs is 2. The SMILES string of the molecule is CCOC(=O)[C@H](F)ON1C(=O)N2C[C@H]1C=C(C)[C@H]2C(=O)NCCNS(C)(=O)=O. The van der Waals surface area contributed by atoms with E-state index in [-0.39, 0.29) is 26.2 Å². The number of ether oxygens (including phenoxy) is 1. The first-order valence-electron chi connectivity index (χ1n) is 8.53. The number of halogens is 1. The number of carbonyl (C=O) groups is 3. The van der Waals surface area contributed by atoms with E-state index in [0.29, 0.717) is 10.6 Å². The molecule has 0 aromatic rings. The topological polar surface area (TPSA) is 134 Å². The van der Waals surface area contributed by atoms with Crippen LogP contribution in [0.15, 0.2) is 11.6 Å². The highest BCUT2D eigenvalue weighted by atomic mass is 32.2. The van der Waals surface area contributed by atoms with Crippen LogP contribution in [0.3, 0.4) is 0 Å². The molecule has 0 aliphatic carbocycles. The van der Waals surface area contributed by atoms with Crippen molar-refractivity contribution in [2.75, 3.05) is 32.5 Å². The summed E-state index contributed by atoms with van der Waals surface area (Å²) >= 11 is 0. The highest BCUT2D eigenvalue weighted by Gasteiger charge is 2.48. The second kappa shape index (κ2) is 8.84. The summed E-state index contributed by atoms with van der Waals surface area (Å²) in [5, 5.41) is 3.25. The van der Waals surface area contributed by atoms with Crippen LogP contribution >= 0.6 is 0 Å². The van der Waals surface area contributed by atoms with Crippen molar-refractivity contribution < 1.29 is 36.8 Å². The Kier molecular flexibility index (Phi) is 6.96. The number of esters is 1. The first-order valence-corrected chi connectivity index (χ1v) is 10.4. The first-order chi connectivity index (χ1) is 13.0. The van der Waals surface area contributed by atoms with Gasteiger partial charge in [-0.05, 0) is 19.4 Å². The molecule has 11 nitrogen and oxygen atoms in total. The highest BCUT2D eigenvalue weighted by molar-refractivity contribution is 7.88. The van der Waals surface area contributed by atoms with Crippen LogP contribution in [0.25, 0.3) is 0 Å². The number of carbonyl (C=O) groups excluding carboxylic acids is 3. The zero-order chi connectivity index (χ0) is 21.1. The smallest absolute Gasteiger partial charge is 0.370 e. The van der Waals surface area contributed by atoms with Crippen molar-refractivity contribution in [1.29, 1.82) is 0 Å². The second-order valence-corrected chi connectivity index (χ2v) is 8.11. The molecule has 2 heterocycles. The summed E-state index contributed by atoms with van der Waals surface area (Å²) in [4.78, 5) is 42.4. The summed E-state index contributed by atoms with van der Waals surface area (Å²) in [6.45, 7) is 3.19. The fraction of sp³-hybridized carbons (Fsp3) is 0.667. The van der Waals surface area contributed by atoms with E-state index >= 15 is 0 Å². The maximum absolute atomic E-state index is 13.9. The molecule has 2 rings (SSSR count). The molecule has 2 aliphatic rings. The van der Waals surface area contributed by atoms with E-state index < -0.39 is 46.4 Å². The Hall–Kier alpha value is -2.25. The predicted molar refractivity (Wildman–Crippen MR) is 93.7 cm³/mol. The summed E-state index contributed by atoms with van der Waals surface area (Å²) in [5.74, 6) is -1.76.